The van der Waals surface area contributed by atoms with Crippen LogP contribution in [-0.2, 0) is 6.42 Å². The first-order valence-electron chi connectivity index (χ1n) is 6.98. The van der Waals surface area contributed by atoms with Gasteiger partial charge in [0.25, 0.3) is 0 Å². The van der Waals surface area contributed by atoms with E-state index in [1.54, 1.807) is 6.07 Å². The van der Waals surface area contributed by atoms with Crippen LogP contribution in [-0.4, -0.2) is 10.2 Å². The number of rotatable bonds is 3. The van der Waals surface area contributed by atoms with Gasteiger partial charge in [-0.15, -0.1) is 0 Å². The van der Waals surface area contributed by atoms with E-state index in [-0.39, 0.29) is 11.5 Å². The predicted molar refractivity (Wildman–Crippen MR) is 89.5 cm³/mol. The van der Waals surface area contributed by atoms with E-state index in [1.165, 1.54) is 12.1 Å². The normalized spacial score (nSPS) is 10.6. The number of aromatic hydroxyl groups is 2. The van der Waals surface area contributed by atoms with Crippen molar-refractivity contribution in [2.75, 3.05) is 0 Å². The molecule has 3 aromatic rings. The van der Waals surface area contributed by atoms with E-state index in [1.807, 2.05) is 48.5 Å². The van der Waals surface area contributed by atoms with Gasteiger partial charge in [0.05, 0.1) is 0 Å². The molecule has 2 N–H and O–H groups in total. The first kappa shape index (κ1) is 14.5. The molecule has 0 bridgehead atoms. The summed E-state index contributed by atoms with van der Waals surface area (Å²) in [5.74, 6) is 0.326. The van der Waals surface area contributed by atoms with E-state index < -0.39 is 0 Å². The monoisotopic (exact) mass is 310 g/mol. The molecule has 0 heterocycles. The van der Waals surface area contributed by atoms with Crippen LogP contribution in [0.1, 0.15) is 11.1 Å². The highest BCUT2D eigenvalue weighted by Gasteiger charge is 2.09. The molecule has 3 aromatic carbocycles. The van der Waals surface area contributed by atoms with Crippen LogP contribution in [0.4, 0.5) is 0 Å². The molecule has 0 aliphatic carbocycles. The van der Waals surface area contributed by atoms with Gasteiger partial charge in [0.15, 0.2) is 0 Å². The highest BCUT2D eigenvalue weighted by molar-refractivity contribution is 6.30. The van der Waals surface area contributed by atoms with Gasteiger partial charge in [0.1, 0.15) is 11.5 Å². The summed E-state index contributed by atoms with van der Waals surface area (Å²) in [6, 6.07) is 20.2. The fraction of sp³-hybridized carbons (Fsp3) is 0.0526. The second-order valence-electron chi connectivity index (χ2n) is 5.16. The third-order valence-electron chi connectivity index (χ3n) is 3.60. The van der Waals surface area contributed by atoms with Crippen LogP contribution < -0.4 is 0 Å². The maximum Gasteiger partial charge on any atom is 0.119 e. The van der Waals surface area contributed by atoms with Crippen molar-refractivity contribution in [1.82, 2.24) is 0 Å². The summed E-state index contributed by atoms with van der Waals surface area (Å²) in [6.07, 6.45) is 0.531. The summed E-state index contributed by atoms with van der Waals surface area (Å²) in [7, 11) is 0. The Morgan fingerprint density at radius 1 is 0.773 bits per heavy atom. The number of phenolic OH excluding ortho intramolecular Hbond substituents is 2. The van der Waals surface area contributed by atoms with Gasteiger partial charge in [-0.3, -0.25) is 0 Å². The molecule has 0 saturated carbocycles. The molecule has 0 aromatic heterocycles. The van der Waals surface area contributed by atoms with Gasteiger partial charge >= 0.3 is 0 Å². The lowest BCUT2D eigenvalue weighted by Gasteiger charge is -2.11. The van der Waals surface area contributed by atoms with Gasteiger partial charge in [0.2, 0.25) is 0 Å². The molecule has 0 saturated heterocycles. The van der Waals surface area contributed by atoms with E-state index in [0.717, 1.165) is 16.7 Å². The summed E-state index contributed by atoms with van der Waals surface area (Å²) >= 11 is 6.08. The molecule has 0 atom stereocenters. The van der Waals surface area contributed by atoms with Crippen molar-refractivity contribution in [3.63, 3.8) is 0 Å². The Morgan fingerprint density at radius 2 is 1.59 bits per heavy atom. The molecule has 3 rings (SSSR count). The Labute approximate surface area is 134 Å². The van der Waals surface area contributed by atoms with Gasteiger partial charge in [0, 0.05) is 17.0 Å². The summed E-state index contributed by atoms with van der Waals surface area (Å²) in [6.45, 7) is 0. The van der Waals surface area contributed by atoms with Crippen molar-refractivity contribution in [2.45, 2.75) is 6.42 Å². The maximum absolute atomic E-state index is 9.97. The molecule has 0 fully saturated rings. The summed E-state index contributed by atoms with van der Waals surface area (Å²) in [5, 5.41) is 20.3. The van der Waals surface area contributed by atoms with Crippen molar-refractivity contribution in [3.05, 3.63) is 82.9 Å². The minimum Gasteiger partial charge on any atom is -0.508 e. The standard InChI is InChI=1S/C19H15ClO2/c20-16-6-3-5-14(11-16)18-7-2-1-4-13(18)10-15-12-17(21)8-9-19(15)22/h1-9,11-12,21-22H,10H2. The molecular formula is C19H15ClO2. The van der Waals surface area contributed by atoms with Crippen molar-refractivity contribution in [3.8, 4) is 22.6 Å². The SMILES string of the molecule is Oc1ccc(O)c(Cc2ccccc2-c2cccc(Cl)c2)c1. The average Bonchev–Trinajstić information content (AvgIpc) is 2.51. The molecule has 2 nitrogen and oxygen atoms in total. The first-order chi connectivity index (χ1) is 10.6. The van der Waals surface area contributed by atoms with Crippen molar-refractivity contribution in [2.24, 2.45) is 0 Å². The third-order valence-corrected chi connectivity index (χ3v) is 3.83. The Bertz CT molecular complexity index is 812. The van der Waals surface area contributed by atoms with Gasteiger partial charge in [-0.05, 0) is 47.0 Å². The smallest absolute Gasteiger partial charge is 0.119 e. The zero-order valence-corrected chi connectivity index (χ0v) is 12.6. The fourth-order valence-electron chi connectivity index (χ4n) is 2.53. The van der Waals surface area contributed by atoms with Gasteiger partial charge in [-0.1, -0.05) is 48.0 Å². The van der Waals surface area contributed by atoms with Crippen LogP contribution in [0.5, 0.6) is 11.5 Å². The largest absolute Gasteiger partial charge is 0.508 e. The molecule has 0 aliphatic heterocycles. The molecule has 0 radical (unpaired) electrons. The van der Waals surface area contributed by atoms with Crippen LogP contribution >= 0.6 is 11.6 Å². The molecule has 0 aliphatic rings. The maximum atomic E-state index is 9.97. The van der Waals surface area contributed by atoms with E-state index >= 15 is 0 Å². The third kappa shape index (κ3) is 3.07. The number of hydrogen-bond donors (Lipinski definition) is 2. The van der Waals surface area contributed by atoms with Crippen LogP contribution in [0.2, 0.25) is 5.02 Å². The quantitative estimate of drug-likeness (QED) is 0.668. The van der Waals surface area contributed by atoms with E-state index in [9.17, 15) is 10.2 Å². The lowest BCUT2D eigenvalue weighted by molar-refractivity contribution is 0.455. The number of halogens is 1. The van der Waals surface area contributed by atoms with Crippen LogP contribution in [0, 0.1) is 0 Å². The molecule has 110 valence electrons. The van der Waals surface area contributed by atoms with Crippen molar-refractivity contribution >= 4 is 11.6 Å². The minimum atomic E-state index is 0.146. The summed E-state index contributed by atoms with van der Waals surface area (Å²) in [5.41, 5.74) is 3.84. The van der Waals surface area contributed by atoms with Crippen LogP contribution in [0.25, 0.3) is 11.1 Å². The van der Waals surface area contributed by atoms with Crippen molar-refractivity contribution < 1.29 is 10.2 Å². The zero-order chi connectivity index (χ0) is 15.5. The Kier molecular flexibility index (Phi) is 4.03. The lowest BCUT2D eigenvalue weighted by atomic mass is 9.94. The molecule has 0 spiro atoms. The van der Waals surface area contributed by atoms with E-state index in [4.69, 9.17) is 11.6 Å². The molecule has 0 unspecified atom stereocenters. The Balaban J connectivity index is 2.03. The van der Waals surface area contributed by atoms with E-state index in [0.29, 0.717) is 17.0 Å². The number of phenols is 2. The molecule has 0 amide bonds. The molecular weight excluding hydrogens is 296 g/mol. The van der Waals surface area contributed by atoms with Gasteiger partial charge in [-0.2, -0.15) is 0 Å². The Morgan fingerprint density at radius 3 is 2.41 bits per heavy atom. The Hall–Kier alpha value is -2.45. The number of benzene rings is 3. The fourth-order valence-corrected chi connectivity index (χ4v) is 2.72. The van der Waals surface area contributed by atoms with Gasteiger partial charge < -0.3 is 10.2 Å². The van der Waals surface area contributed by atoms with Crippen LogP contribution in [0.3, 0.4) is 0 Å². The average molecular weight is 311 g/mol. The van der Waals surface area contributed by atoms with Crippen molar-refractivity contribution in [1.29, 1.82) is 0 Å². The highest BCUT2D eigenvalue weighted by atomic mass is 35.5. The predicted octanol–water partition coefficient (Wildman–Crippen LogP) is 5.01. The lowest BCUT2D eigenvalue weighted by Crippen LogP contribution is -1.93. The zero-order valence-electron chi connectivity index (χ0n) is 11.8. The number of hydrogen-bond acceptors (Lipinski definition) is 2. The van der Waals surface area contributed by atoms with Crippen LogP contribution in [0.15, 0.2) is 66.7 Å². The second kappa shape index (κ2) is 6.12. The first-order valence-corrected chi connectivity index (χ1v) is 7.36. The molecule has 22 heavy (non-hydrogen) atoms. The van der Waals surface area contributed by atoms with E-state index in [2.05, 4.69) is 0 Å². The topological polar surface area (TPSA) is 40.5 Å². The highest BCUT2D eigenvalue weighted by Crippen LogP contribution is 2.30. The second-order valence-corrected chi connectivity index (χ2v) is 5.59. The van der Waals surface area contributed by atoms with Gasteiger partial charge in [-0.25, -0.2) is 0 Å². The summed E-state index contributed by atoms with van der Waals surface area (Å²) in [4.78, 5) is 0. The minimum absolute atomic E-state index is 0.146. The summed E-state index contributed by atoms with van der Waals surface area (Å²) < 4.78 is 0. The molecule has 3 heteroatoms.